The van der Waals surface area contributed by atoms with Crippen LogP contribution in [-0.4, -0.2) is 22.4 Å². The van der Waals surface area contributed by atoms with Crippen molar-refractivity contribution < 1.29 is 10.2 Å². The molecule has 0 radical (unpaired) electrons. The molecular formula is C19H36O2. The summed E-state index contributed by atoms with van der Waals surface area (Å²) in [7, 11) is 0. The summed E-state index contributed by atoms with van der Waals surface area (Å²) >= 11 is 0. The number of rotatable bonds is 12. The third-order valence-electron chi connectivity index (χ3n) is 3.74. The first-order valence-corrected chi connectivity index (χ1v) is 8.89. The Bertz CT molecular complexity index is 275. The molecule has 0 aliphatic carbocycles. The monoisotopic (exact) mass is 296 g/mol. The van der Waals surface area contributed by atoms with Gasteiger partial charge in [0.1, 0.15) is 0 Å². The van der Waals surface area contributed by atoms with Gasteiger partial charge in [-0.2, -0.15) is 0 Å². The average Bonchev–Trinajstić information content (AvgIpc) is 2.45. The van der Waals surface area contributed by atoms with Gasteiger partial charge in [0.15, 0.2) is 0 Å². The van der Waals surface area contributed by atoms with Gasteiger partial charge in [0.05, 0.1) is 12.2 Å². The highest BCUT2D eigenvalue weighted by molar-refractivity contribution is 5.01. The molecule has 0 aliphatic rings. The van der Waals surface area contributed by atoms with Crippen LogP contribution >= 0.6 is 0 Å². The molecule has 0 fully saturated rings. The molecule has 0 aromatic heterocycles. The summed E-state index contributed by atoms with van der Waals surface area (Å²) in [6.45, 7) is 6.49. The number of hydrogen-bond donors (Lipinski definition) is 2. The van der Waals surface area contributed by atoms with Crippen molar-refractivity contribution in [2.24, 2.45) is 5.92 Å². The smallest absolute Gasteiger partial charge is 0.0907 e. The third-order valence-corrected chi connectivity index (χ3v) is 3.74. The highest BCUT2D eigenvalue weighted by atomic mass is 16.3. The van der Waals surface area contributed by atoms with Crippen molar-refractivity contribution in [3.05, 3.63) is 0 Å². The van der Waals surface area contributed by atoms with Crippen LogP contribution < -0.4 is 0 Å². The van der Waals surface area contributed by atoms with Crippen molar-refractivity contribution >= 4 is 0 Å². The highest BCUT2D eigenvalue weighted by Gasteiger charge is 2.14. The molecule has 21 heavy (non-hydrogen) atoms. The second-order valence-electron chi connectivity index (χ2n) is 6.55. The zero-order valence-electron chi connectivity index (χ0n) is 14.4. The quantitative estimate of drug-likeness (QED) is 0.405. The maximum Gasteiger partial charge on any atom is 0.0907 e. The maximum atomic E-state index is 9.88. The molecule has 0 aromatic rings. The lowest BCUT2D eigenvalue weighted by Gasteiger charge is -2.15. The van der Waals surface area contributed by atoms with Crippen LogP contribution in [0.15, 0.2) is 0 Å². The Balaban J connectivity index is 3.50. The SMILES string of the molecule is CCCCCCCCCC[C@H](O)[C@H](O)CC#CCC(C)C. The van der Waals surface area contributed by atoms with Crippen molar-refractivity contribution in [1.82, 2.24) is 0 Å². The Labute approximate surface area is 132 Å². The molecule has 0 saturated carbocycles. The van der Waals surface area contributed by atoms with E-state index in [0.717, 1.165) is 19.3 Å². The van der Waals surface area contributed by atoms with E-state index >= 15 is 0 Å². The molecule has 2 heteroatoms. The molecule has 0 unspecified atom stereocenters. The summed E-state index contributed by atoms with van der Waals surface area (Å²) in [5.41, 5.74) is 0. The third kappa shape index (κ3) is 14.2. The average molecular weight is 296 g/mol. The molecule has 0 amide bonds. The Morgan fingerprint density at radius 2 is 1.24 bits per heavy atom. The van der Waals surface area contributed by atoms with Crippen molar-refractivity contribution in [3.63, 3.8) is 0 Å². The topological polar surface area (TPSA) is 40.5 Å². The molecule has 2 N–H and O–H groups in total. The van der Waals surface area contributed by atoms with Crippen molar-refractivity contribution in [3.8, 4) is 11.8 Å². The van der Waals surface area contributed by atoms with Gasteiger partial charge in [0.2, 0.25) is 0 Å². The van der Waals surface area contributed by atoms with E-state index in [1.54, 1.807) is 0 Å². The first-order chi connectivity index (χ1) is 10.1. The van der Waals surface area contributed by atoms with Gasteiger partial charge in [-0.1, -0.05) is 72.1 Å². The van der Waals surface area contributed by atoms with Gasteiger partial charge in [0, 0.05) is 12.8 Å². The number of aliphatic hydroxyl groups excluding tert-OH is 2. The fourth-order valence-corrected chi connectivity index (χ4v) is 2.27. The molecule has 0 saturated heterocycles. The predicted octanol–water partition coefficient (Wildman–Crippen LogP) is 4.68. The molecule has 2 nitrogen and oxygen atoms in total. The number of aliphatic hydroxyl groups is 2. The van der Waals surface area contributed by atoms with Crippen molar-refractivity contribution in [2.45, 2.75) is 104 Å². The molecule has 0 spiro atoms. The van der Waals surface area contributed by atoms with Gasteiger partial charge < -0.3 is 10.2 Å². The fraction of sp³-hybridized carbons (Fsp3) is 0.895. The molecule has 0 aliphatic heterocycles. The van der Waals surface area contributed by atoms with E-state index in [9.17, 15) is 10.2 Å². The first kappa shape index (κ1) is 20.5. The zero-order chi connectivity index (χ0) is 15.9. The summed E-state index contributed by atoms with van der Waals surface area (Å²) in [4.78, 5) is 0. The Kier molecular flexibility index (Phi) is 14.1. The van der Waals surface area contributed by atoms with Gasteiger partial charge in [-0.3, -0.25) is 0 Å². The van der Waals surface area contributed by atoms with Crippen LogP contribution in [0.4, 0.5) is 0 Å². The summed E-state index contributed by atoms with van der Waals surface area (Å²) in [5.74, 6) is 6.58. The lowest BCUT2D eigenvalue weighted by molar-refractivity contribution is 0.0165. The Hall–Kier alpha value is -0.520. The Morgan fingerprint density at radius 3 is 1.81 bits per heavy atom. The van der Waals surface area contributed by atoms with E-state index in [1.807, 2.05) is 0 Å². The summed E-state index contributed by atoms with van der Waals surface area (Å²) < 4.78 is 0. The molecule has 0 aromatic carbocycles. The van der Waals surface area contributed by atoms with Crippen LogP contribution in [-0.2, 0) is 0 Å². The van der Waals surface area contributed by atoms with E-state index in [-0.39, 0.29) is 0 Å². The second kappa shape index (κ2) is 14.4. The van der Waals surface area contributed by atoms with E-state index in [0.29, 0.717) is 18.8 Å². The zero-order valence-corrected chi connectivity index (χ0v) is 14.4. The maximum absolute atomic E-state index is 9.88. The van der Waals surface area contributed by atoms with Gasteiger partial charge >= 0.3 is 0 Å². The predicted molar refractivity (Wildman–Crippen MR) is 91.1 cm³/mol. The minimum Gasteiger partial charge on any atom is -0.390 e. The van der Waals surface area contributed by atoms with Crippen LogP contribution in [0.3, 0.4) is 0 Å². The molecule has 124 valence electrons. The minimum absolute atomic E-state index is 0.394. The minimum atomic E-state index is -0.686. The van der Waals surface area contributed by atoms with Gasteiger partial charge in [-0.25, -0.2) is 0 Å². The first-order valence-electron chi connectivity index (χ1n) is 8.89. The normalized spacial score (nSPS) is 13.8. The largest absolute Gasteiger partial charge is 0.390 e. The summed E-state index contributed by atoms with van der Waals surface area (Å²) in [6.07, 6.45) is 10.7. The lowest BCUT2D eigenvalue weighted by atomic mass is 10.0. The molecule has 0 rings (SSSR count). The highest BCUT2D eigenvalue weighted by Crippen LogP contribution is 2.12. The summed E-state index contributed by atoms with van der Waals surface area (Å²) in [5, 5.41) is 19.7. The van der Waals surface area contributed by atoms with Crippen molar-refractivity contribution in [1.29, 1.82) is 0 Å². The Morgan fingerprint density at radius 1 is 0.714 bits per heavy atom. The van der Waals surface area contributed by atoms with Gasteiger partial charge in [-0.05, 0) is 12.3 Å². The van der Waals surface area contributed by atoms with Crippen LogP contribution in [0.2, 0.25) is 0 Å². The van der Waals surface area contributed by atoms with Gasteiger partial charge in [-0.15, -0.1) is 11.8 Å². The lowest BCUT2D eigenvalue weighted by Crippen LogP contribution is -2.25. The van der Waals surface area contributed by atoms with Gasteiger partial charge in [0.25, 0.3) is 0 Å². The molecule has 0 bridgehead atoms. The summed E-state index contributed by atoms with van der Waals surface area (Å²) in [6, 6.07) is 0. The number of unbranched alkanes of at least 4 members (excludes halogenated alkanes) is 7. The van der Waals surface area contributed by atoms with E-state index < -0.39 is 12.2 Å². The number of hydrogen-bond acceptors (Lipinski definition) is 2. The molecule has 2 atom stereocenters. The van der Waals surface area contributed by atoms with E-state index in [1.165, 1.54) is 38.5 Å². The van der Waals surface area contributed by atoms with Crippen LogP contribution in [0, 0.1) is 17.8 Å². The molecule has 0 heterocycles. The van der Waals surface area contributed by atoms with E-state index in [4.69, 9.17) is 0 Å². The molecular weight excluding hydrogens is 260 g/mol. The standard InChI is InChI=1S/C19H36O2/c1-4-5-6-7-8-9-10-11-15-18(20)19(21)16-13-12-14-17(2)3/h17-21H,4-11,14-16H2,1-3H3/t18-,19+/m0/s1. The van der Waals surface area contributed by atoms with Crippen molar-refractivity contribution in [2.75, 3.05) is 0 Å². The fourth-order valence-electron chi connectivity index (χ4n) is 2.27. The van der Waals surface area contributed by atoms with Crippen LogP contribution in [0.25, 0.3) is 0 Å². The van der Waals surface area contributed by atoms with Crippen LogP contribution in [0.1, 0.15) is 91.4 Å². The van der Waals surface area contributed by atoms with E-state index in [2.05, 4.69) is 32.6 Å². The van der Waals surface area contributed by atoms with Crippen LogP contribution in [0.5, 0.6) is 0 Å². The second-order valence-corrected chi connectivity index (χ2v) is 6.55.